The van der Waals surface area contributed by atoms with Gasteiger partial charge in [0.25, 0.3) is 0 Å². The van der Waals surface area contributed by atoms with E-state index in [-0.39, 0.29) is 5.78 Å². The molecule has 0 spiro atoms. The molecule has 0 radical (unpaired) electrons. The third kappa shape index (κ3) is 4.42. The second-order valence-corrected chi connectivity index (χ2v) is 5.95. The van der Waals surface area contributed by atoms with Gasteiger partial charge in [-0.15, -0.1) is 0 Å². The summed E-state index contributed by atoms with van der Waals surface area (Å²) in [6.07, 6.45) is 3.39. The van der Waals surface area contributed by atoms with Gasteiger partial charge in [0.1, 0.15) is 5.75 Å². The lowest BCUT2D eigenvalue weighted by Gasteiger charge is -2.08. The highest BCUT2D eigenvalue weighted by molar-refractivity contribution is 14.1. The van der Waals surface area contributed by atoms with E-state index in [1.165, 1.54) is 0 Å². The lowest BCUT2D eigenvalue weighted by molar-refractivity contribution is 0.104. The molecule has 3 nitrogen and oxygen atoms in total. The van der Waals surface area contributed by atoms with Gasteiger partial charge in [-0.25, -0.2) is 0 Å². The topological polar surface area (TPSA) is 35.5 Å². The molecule has 0 aromatic heterocycles. The lowest BCUT2D eigenvalue weighted by atomic mass is 10.1. The van der Waals surface area contributed by atoms with Crippen molar-refractivity contribution in [1.82, 2.24) is 0 Å². The number of carbonyl (C=O) groups excluding carboxylic acids is 1. The first-order valence-corrected chi connectivity index (χ1v) is 7.85. The van der Waals surface area contributed by atoms with Crippen LogP contribution in [0.2, 0.25) is 0 Å². The van der Waals surface area contributed by atoms with E-state index < -0.39 is 0 Å². The maximum Gasteiger partial charge on any atom is 0.185 e. The zero-order valence-electron chi connectivity index (χ0n) is 12.5. The first kappa shape index (κ1) is 16.7. The molecule has 0 aliphatic heterocycles. The first-order chi connectivity index (χ1) is 10.6. The van der Waals surface area contributed by atoms with Gasteiger partial charge >= 0.3 is 0 Å². The lowest BCUT2D eigenvalue weighted by Crippen LogP contribution is -1.95. The van der Waals surface area contributed by atoms with Crippen LogP contribution in [0.3, 0.4) is 0 Å². The molecule has 0 aliphatic carbocycles. The Hall–Kier alpha value is -1.66. The van der Waals surface area contributed by atoms with Crippen LogP contribution < -0.4 is 4.74 Å². The van der Waals surface area contributed by atoms with Gasteiger partial charge < -0.3 is 9.47 Å². The number of benzene rings is 2. The van der Waals surface area contributed by atoms with Crippen LogP contribution in [0.5, 0.6) is 5.75 Å². The monoisotopic (exact) mass is 408 g/mol. The molecule has 2 rings (SSSR count). The summed E-state index contributed by atoms with van der Waals surface area (Å²) < 4.78 is 11.6. The third-order valence-electron chi connectivity index (χ3n) is 3.16. The Morgan fingerprint density at radius 3 is 2.50 bits per heavy atom. The zero-order chi connectivity index (χ0) is 15.9. The highest BCUT2D eigenvalue weighted by Gasteiger charge is 2.04. The Bertz CT molecular complexity index is 675. The normalized spacial score (nSPS) is 10.9. The Balaban J connectivity index is 2.17. The van der Waals surface area contributed by atoms with E-state index in [9.17, 15) is 4.79 Å². The molecule has 4 heteroatoms. The van der Waals surface area contributed by atoms with Gasteiger partial charge in [0.15, 0.2) is 5.78 Å². The fourth-order valence-electron chi connectivity index (χ4n) is 2.05. The summed E-state index contributed by atoms with van der Waals surface area (Å²) in [5.74, 6) is 0.767. The number of hydrogen-bond donors (Lipinski definition) is 0. The van der Waals surface area contributed by atoms with E-state index >= 15 is 0 Å². The molecule has 2 aromatic carbocycles. The molecule has 0 fully saturated rings. The SMILES string of the molecule is COCc1cc(/C=C/C(=O)c2ccc(I)cc2)ccc1OC. The number of rotatable bonds is 6. The Labute approximate surface area is 144 Å². The van der Waals surface area contributed by atoms with Crippen molar-refractivity contribution in [3.63, 3.8) is 0 Å². The summed E-state index contributed by atoms with van der Waals surface area (Å²) in [6, 6.07) is 13.3. The van der Waals surface area contributed by atoms with E-state index in [0.29, 0.717) is 12.2 Å². The molecule has 0 N–H and O–H groups in total. The number of ether oxygens (including phenoxy) is 2. The summed E-state index contributed by atoms with van der Waals surface area (Å²) in [5, 5.41) is 0. The molecule has 0 saturated carbocycles. The van der Waals surface area contributed by atoms with Crippen LogP contribution in [0, 0.1) is 3.57 Å². The number of methoxy groups -OCH3 is 2. The van der Waals surface area contributed by atoms with Crippen LogP contribution in [-0.2, 0) is 11.3 Å². The molecule has 0 saturated heterocycles. The fourth-order valence-corrected chi connectivity index (χ4v) is 2.41. The van der Waals surface area contributed by atoms with Crippen molar-refractivity contribution in [2.75, 3.05) is 14.2 Å². The van der Waals surface area contributed by atoms with Gasteiger partial charge in [0.2, 0.25) is 0 Å². The molecule has 0 unspecified atom stereocenters. The van der Waals surface area contributed by atoms with Crippen LogP contribution in [-0.4, -0.2) is 20.0 Å². The second-order valence-electron chi connectivity index (χ2n) is 4.71. The summed E-state index contributed by atoms with van der Waals surface area (Å²) in [5.41, 5.74) is 2.57. The Morgan fingerprint density at radius 2 is 1.86 bits per heavy atom. The minimum atomic E-state index is -0.0134. The quantitative estimate of drug-likeness (QED) is 0.405. The largest absolute Gasteiger partial charge is 0.496 e. The van der Waals surface area contributed by atoms with E-state index in [1.54, 1.807) is 26.4 Å². The highest BCUT2D eigenvalue weighted by Crippen LogP contribution is 2.21. The van der Waals surface area contributed by atoms with E-state index in [2.05, 4.69) is 22.6 Å². The van der Waals surface area contributed by atoms with Crippen molar-refractivity contribution in [3.05, 3.63) is 68.8 Å². The predicted octanol–water partition coefficient (Wildman–Crippen LogP) is 4.34. The maximum absolute atomic E-state index is 12.1. The number of allylic oxidation sites excluding steroid dienone is 1. The van der Waals surface area contributed by atoms with E-state index in [4.69, 9.17) is 9.47 Å². The molecule has 0 aliphatic rings. The molecule has 0 amide bonds. The number of carbonyl (C=O) groups is 1. The van der Waals surface area contributed by atoms with E-state index in [0.717, 1.165) is 20.4 Å². The van der Waals surface area contributed by atoms with Crippen molar-refractivity contribution < 1.29 is 14.3 Å². The average molecular weight is 408 g/mol. The molecule has 0 bridgehead atoms. The Morgan fingerprint density at radius 1 is 1.14 bits per heavy atom. The van der Waals surface area contributed by atoms with Crippen molar-refractivity contribution in [2.45, 2.75) is 6.61 Å². The average Bonchev–Trinajstić information content (AvgIpc) is 2.54. The zero-order valence-corrected chi connectivity index (χ0v) is 14.7. The molecular weight excluding hydrogens is 391 g/mol. The van der Waals surface area contributed by atoms with Crippen LogP contribution in [0.4, 0.5) is 0 Å². The van der Waals surface area contributed by atoms with Crippen LogP contribution in [0.15, 0.2) is 48.5 Å². The van der Waals surface area contributed by atoms with Gasteiger partial charge in [-0.2, -0.15) is 0 Å². The van der Waals surface area contributed by atoms with Gasteiger partial charge in [-0.3, -0.25) is 4.79 Å². The summed E-state index contributed by atoms with van der Waals surface area (Å²) in [4.78, 5) is 12.1. The summed E-state index contributed by atoms with van der Waals surface area (Å²) >= 11 is 2.22. The molecule has 2 aromatic rings. The minimum Gasteiger partial charge on any atom is -0.496 e. The minimum absolute atomic E-state index is 0.0134. The standard InChI is InChI=1S/C18H17IO3/c1-21-12-15-11-13(4-10-18(15)22-2)3-9-17(20)14-5-7-16(19)8-6-14/h3-11H,12H2,1-2H3/b9-3+. The molecule has 114 valence electrons. The van der Waals surface area contributed by atoms with Crippen LogP contribution >= 0.6 is 22.6 Å². The van der Waals surface area contributed by atoms with Gasteiger partial charge in [-0.1, -0.05) is 24.3 Å². The van der Waals surface area contributed by atoms with Crippen LogP contribution in [0.25, 0.3) is 6.08 Å². The number of halogens is 1. The van der Waals surface area contributed by atoms with Crippen molar-refractivity contribution >= 4 is 34.5 Å². The van der Waals surface area contributed by atoms with E-state index in [1.807, 2.05) is 42.5 Å². The third-order valence-corrected chi connectivity index (χ3v) is 3.88. The molecule has 22 heavy (non-hydrogen) atoms. The molecular formula is C18H17IO3. The van der Waals surface area contributed by atoms with Gasteiger partial charge in [0.05, 0.1) is 13.7 Å². The Kier molecular flexibility index (Phi) is 6.15. The van der Waals surface area contributed by atoms with Crippen molar-refractivity contribution in [3.8, 4) is 5.75 Å². The fraction of sp³-hybridized carbons (Fsp3) is 0.167. The van der Waals surface area contributed by atoms with Gasteiger partial charge in [-0.05, 0) is 58.5 Å². The highest BCUT2D eigenvalue weighted by atomic mass is 127. The molecule has 0 heterocycles. The van der Waals surface area contributed by atoms with Crippen molar-refractivity contribution in [2.24, 2.45) is 0 Å². The number of ketones is 1. The van der Waals surface area contributed by atoms with Gasteiger partial charge in [0, 0.05) is 21.8 Å². The summed E-state index contributed by atoms with van der Waals surface area (Å²) in [7, 11) is 3.27. The predicted molar refractivity (Wildman–Crippen MR) is 96.2 cm³/mol. The first-order valence-electron chi connectivity index (χ1n) is 6.78. The molecule has 0 atom stereocenters. The smallest absolute Gasteiger partial charge is 0.185 e. The second kappa shape index (κ2) is 8.10. The number of hydrogen-bond acceptors (Lipinski definition) is 3. The summed E-state index contributed by atoms with van der Waals surface area (Å²) in [6.45, 7) is 0.468. The van der Waals surface area contributed by atoms with Crippen molar-refractivity contribution in [1.29, 1.82) is 0 Å². The van der Waals surface area contributed by atoms with Crippen LogP contribution in [0.1, 0.15) is 21.5 Å². The maximum atomic E-state index is 12.1.